The van der Waals surface area contributed by atoms with Gasteiger partial charge in [-0.2, -0.15) is 0 Å². The molecule has 3 aromatic rings. The average Bonchev–Trinajstić information content (AvgIpc) is 3.50. The maximum Gasteiger partial charge on any atom is 0.163 e. The largest absolute Gasteiger partial charge is 0.504 e. The summed E-state index contributed by atoms with van der Waals surface area (Å²) in [4.78, 5) is 28.5. The molecule has 13 unspecified atom stereocenters. The van der Waals surface area contributed by atoms with Gasteiger partial charge in [0.2, 0.25) is 0 Å². The topological polar surface area (TPSA) is 178 Å². The summed E-state index contributed by atoms with van der Waals surface area (Å²) < 4.78 is 5.57. The zero-order chi connectivity index (χ0) is 51.3. The number of carbonyl (C=O) groups is 2. The van der Waals surface area contributed by atoms with Gasteiger partial charge in [-0.25, -0.2) is 0 Å². The second-order valence-corrected chi connectivity index (χ2v) is 23.7. The van der Waals surface area contributed by atoms with Gasteiger partial charge in [0.25, 0.3) is 0 Å². The first-order valence-corrected chi connectivity index (χ1v) is 28.3. The van der Waals surface area contributed by atoms with Crippen molar-refractivity contribution in [2.75, 3.05) is 39.9 Å². The van der Waals surface area contributed by atoms with Gasteiger partial charge in [0.15, 0.2) is 17.3 Å². The van der Waals surface area contributed by atoms with Crippen molar-refractivity contribution in [3.63, 3.8) is 0 Å². The monoisotopic (exact) mass is 1010 g/mol. The third kappa shape index (κ3) is 11.7. The van der Waals surface area contributed by atoms with Gasteiger partial charge in [0.05, 0.1) is 32.4 Å². The van der Waals surface area contributed by atoms with Gasteiger partial charge < -0.3 is 47.1 Å². The van der Waals surface area contributed by atoms with Crippen LogP contribution in [0.25, 0.3) is 5.57 Å². The Morgan fingerprint density at radius 2 is 1.74 bits per heavy atom. The van der Waals surface area contributed by atoms with Gasteiger partial charge in [-0.05, 0) is 225 Å². The maximum atomic E-state index is 14.4. The molecule has 4 bridgehead atoms. The number of nitrogens with one attached hydrogen (secondary N) is 4. The van der Waals surface area contributed by atoms with Crippen LogP contribution < -0.4 is 31.7 Å². The molecule has 13 atom stereocenters. The number of allylic oxidation sites excluding steroid dienone is 3. The van der Waals surface area contributed by atoms with E-state index in [9.17, 15) is 24.9 Å². The normalized spacial score (nSPS) is 31.6. The molecule has 0 amide bonds. The number of Topliss-reactive ketones (excluding diaryl/α,β-unsaturated/α-hetero) is 1. The molecular weight excluding hydrogens is 923 g/mol. The minimum Gasteiger partial charge on any atom is -0.504 e. The van der Waals surface area contributed by atoms with Gasteiger partial charge in [0, 0.05) is 37.8 Å². The Morgan fingerprint density at radius 1 is 0.946 bits per heavy atom. The number of phenolic OH excluding ortho intramolecular Hbond substituents is 1. The third-order valence-electron chi connectivity index (χ3n) is 19.1. The molecule has 396 valence electrons. The Hall–Kier alpha value is -4.88. The number of hydrogen-bond donors (Lipinski definition) is 8. The number of methoxy groups -OCH3 is 1. The van der Waals surface area contributed by atoms with Crippen molar-refractivity contribution in [3.8, 4) is 11.5 Å². The van der Waals surface area contributed by atoms with Crippen molar-refractivity contribution < 1.29 is 29.6 Å². The molecule has 11 nitrogen and oxygen atoms in total. The van der Waals surface area contributed by atoms with Crippen LogP contribution in [0.5, 0.6) is 11.5 Å². The zero-order valence-electron chi connectivity index (χ0n) is 44.0. The lowest BCUT2D eigenvalue weighted by Crippen LogP contribution is -2.58. The number of aliphatic hydroxyl groups is 2. The fourth-order valence-electron chi connectivity index (χ4n) is 15.9. The molecule has 3 aliphatic heterocycles. The predicted octanol–water partition coefficient (Wildman–Crippen LogP) is 7.92. The Morgan fingerprint density at radius 3 is 2.54 bits per heavy atom. The number of benzene rings is 3. The molecule has 11 rings (SSSR count). The Balaban J connectivity index is 0.839. The van der Waals surface area contributed by atoms with E-state index in [2.05, 4.69) is 88.0 Å². The molecule has 8 aliphatic rings. The molecule has 0 radical (unpaired) electrons. The number of hydrogen-bond acceptors (Lipinski definition) is 11. The molecule has 0 spiro atoms. The van der Waals surface area contributed by atoms with Crippen LogP contribution in [0.4, 0.5) is 0 Å². The van der Waals surface area contributed by atoms with Crippen LogP contribution >= 0.6 is 0 Å². The van der Waals surface area contributed by atoms with Gasteiger partial charge in [-0.3, -0.25) is 9.59 Å². The van der Waals surface area contributed by atoms with Crippen molar-refractivity contribution in [2.24, 2.45) is 58.5 Å². The summed E-state index contributed by atoms with van der Waals surface area (Å²) in [5.74, 6) is 4.10. The smallest absolute Gasteiger partial charge is 0.163 e. The van der Waals surface area contributed by atoms with Gasteiger partial charge in [0.1, 0.15) is 5.78 Å². The number of nitrogens with two attached hydrogens (primary N) is 1. The van der Waals surface area contributed by atoms with E-state index in [0.29, 0.717) is 84.0 Å². The second kappa shape index (κ2) is 23.6. The number of aliphatic hydroxyl groups excluding tert-OH is 2. The first kappa shape index (κ1) is 52.6. The van der Waals surface area contributed by atoms with Gasteiger partial charge in [-0.15, -0.1) is 0 Å². The third-order valence-corrected chi connectivity index (χ3v) is 19.1. The molecular formula is C63H83N5O6. The van der Waals surface area contributed by atoms with Crippen molar-refractivity contribution in [1.82, 2.24) is 21.3 Å². The van der Waals surface area contributed by atoms with Crippen molar-refractivity contribution in [1.29, 1.82) is 0 Å². The number of aryl methyl sites for hydroxylation is 3. The summed E-state index contributed by atoms with van der Waals surface area (Å²) in [7, 11) is 1.49. The number of piperidine rings is 1. The van der Waals surface area contributed by atoms with Crippen LogP contribution in [-0.4, -0.2) is 91.1 Å². The van der Waals surface area contributed by atoms with Crippen LogP contribution in [0.1, 0.15) is 105 Å². The average molecular weight is 1010 g/mol. The van der Waals surface area contributed by atoms with Crippen LogP contribution in [-0.2, 0) is 35.3 Å². The molecule has 0 aromatic heterocycles. The van der Waals surface area contributed by atoms with E-state index >= 15 is 0 Å². The highest BCUT2D eigenvalue weighted by atomic mass is 16.5. The van der Waals surface area contributed by atoms with E-state index in [1.165, 1.54) is 49.1 Å². The Bertz CT molecular complexity index is 2590. The van der Waals surface area contributed by atoms with E-state index in [0.717, 1.165) is 94.1 Å². The van der Waals surface area contributed by atoms with E-state index in [4.69, 9.17) is 10.5 Å². The number of phenols is 1. The predicted molar refractivity (Wildman–Crippen MR) is 293 cm³/mol. The van der Waals surface area contributed by atoms with Gasteiger partial charge >= 0.3 is 0 Å². The highest BCUT2D eigenvalue weighted by Crippen LogP contribution is 2.67. The molecule has 11 heteroatoms. The standard InChI is InChI=1S/C63H83N5O6/c1-39(70)35-67-58-30-51-25-43-17-18-57(58)63(51,34-56-54-19-21-65-36-49(54)23-45-12-7-20-66-62(45)56)33-47(43)26-52(71)31-53(72)27-50(38-69)55-32-60(74-2)59(73)28-46(55)24-48-37-68-61(64)29-44(48)16-15-42-11-6-10-41(22-42)14-13-40-8-4-3-5-9-40/h3-12,22,27-29,32,37,39,43,45,47,49,51,54,56-58,61-62,65-70,73H,13-21,23-26,30-31,33-36,38,64H2,1-2H3. The molecule has 9 N–H and O–H groups in total. The summed E-state index contributed by atoms with van der Waals surface area (Å²) in [5, 5.41) is 47.4. The Kier molecular flexibility index (Phi) is 16.7. The SMILES string of the molecule is COc1cc(C(=CC(=O)CC(=O)CC2CC3(CC4C5CCNCC5CC5C=CCNC54)C4CC2CCC3C(NCC(C)O)C4)CO)c(CC2=CNC(N)C=C2CCc2cccc(CCc3ccccc3)c2)cc1O. The molecule has 3 aromatic carbocycles. The minimum absolute atomic E-state index is 0.0302. The minimum atomic E-state index is -0.432. The van der Waals surface area contributed by atoms with Crippen LogP contribution in [0, 0.1) is 52.8 Å². The summed E-state index contributed by atoms with van der Waals surface area (Å²) in [6, 6.07) is 23.5. The van der Waals surface area contributed by atoms with Crippen LogP contribution in [0.3, 0.4) is 0 Å². The molecule has 3 heterocycles. The van der Waals surface area contributed by atoms with Crippen LogP contribution in [0.2, 0.25) is 0 Å². The quantitative estimate of drug-likeness (QED) is 0.0296. The Labute approximate surface area is 440 Å². The van der Waals surface area contributed by atoms with E-state index in [1.807, 2.05) is 19.2 Å². The summed E-state index contributed by atoms with van der Waals surface area (Å²) in [6.07, 6.45) is 22.8. The molecule has 5 saturated carbocycles. The van der Waals surface area contributed by atoms with Gasteiger partial charge in [-0.1, -0.05) is 66.7 Å². The number of rotatable bonds is 21. The van der Waals surface area contributed by atoms with Crippen molar-refractivity contribution >= 4 is 17.1 Å². The number of fused-ring (bicyclic) bond motifs is 4. The first-order valence-electron chi connectivity index (χ1n) is 28.3. The van der Waals surface area contributed by atoms with E-state index in [-0.39, 0.29) is 47.0 Å². The lowest BCUT2D eigenvalue weighted by atomic mass is 9.52. The zero-order valence-corrected chi connectivity index (χ0v) is 44.0. The van der Waals surface area contributed by atoms with E-state index < -0.39 is 12.7 Å². The fraction of sp³-hybridized carbons (Fsp3) is 0.556. The number of ketones is 2. The summed E-state index contributed by atoms with van der Waals surface area (Å²) in [5.41, 5.74) is 14.2. The summed E-state index contributed by atoms with van der Waals surface area (Å²) in [6.45, 7) is 5.16. The van der Waals surface area contributed by atoms with Crippen LogP contribution in [0.15, 0.2) is 108 Å². The number of ether oxygens (including phenoxy) is 1. The lowest BCUT2D eigenvalue weighted by Gasteiger charge is -2.55. The molecule has 6 fully saturated rings. The molecule has 5 aliphatic carbocycles. The lowest BCUT2D eigenvalue weighted by molar-refractivity contribution is -0.126. The van der Waals surface area contributed by atoms with E-state index in [1.54, 1.807) is 12.1 Å². The highest BCUT2D eigenvalue weighted by Gasteiger charge is 2.62. The number of dihydropyridines is 1. The number of aromatic hydroxyl groups is 1. The van der Waals surface area contributed by atoms with Crippen molar-refractivity contribution in [2.45, 2.75) is 128 Å². The fourth-order valence-corrected chi connectivity index (χ4v) is 15.9. The van der Waals surface area contributed by atoms with Crippen molar-refractivity contribution in [3.05, 3.63) is 136 Å². The molecule has 1 saturated heterocycles. The summed E-state index contributed by atoms with van der Waals surface area (Å²) >= 11 is 0. The highest BCUT2D eigenvalue weighted by molar-refractivity contribution is 6.07. The number of carbonyl (C=O) groups excluding carboxylic acids is 2. The second-order valence-electron chi connectivity index (χ2n) is 23.7. The molecule has 74 heavy (non-hydrogen) atoms. The first-order chi connectivity index (χ1) is 36.0. The maximum absolute atomic E-state index is 14.4.